The molecule has 3 amide bonds. The predicted octanol–water partition coefficient (Wildman–Crippen LogP) is 4.75. The van der Waals surface area contributed by atoms with Gasteiger partial charge in [0.05, 0.1) is 42.6 Å². The topological polar surface area (TPSA) is 136 Å². The van der Waals surface area contributed by atoms with Crippen molar-refractivity contribution in [3.05, 3.63) is 65.8 Å². The van der Waals surface area contributed by atoms with Crippen molar-refractivity contribution in [3.8, 4) is 16.9 Å². The molecule has 0 saturated carbocycles. The van der Waals surface area contributed by atoms with E-state index < -0.39 is 0 Å². The number of benzene rings is 2. The number of methoxy groups -OCH3 is 1. The van der Waals surface area contributed by atoms with Gasteiger partial charge in [-0.3, -0.25) is 9.69 Å². The lowest BCUT2D eigenvalue weighted by molar-refractivity contribution is 0.0388. The summed E-state index contributed by atoms with van der Waals surface area (Å²) in [5.74, 6) is 0.624. The van der Waals surface area contributed by atoms with Crippen molar-refractivity contribution in [1.29, 1.82) is 0 Å². The number of fused-ring (bicyclic) bond motifs is 2. The third-order valence-electron chi connectivity index (χ3n) is 7.64. The first kappa shape index (κ1) is 28.5. The van der Waals surface area contributed by atoms with E-state index in [4.69, 9.17) is 15.2 Å². The first-order valence-electron chi connectivity index (χ1n) is 14.0. The fourth-order valence-corrected chi connectivity index (χ4v) is 6.40. The Morgan fingerprint density at radius 1 is 1.09 bits per heavy atom. The van der Waals surface area contributed by atoms with E-state index in [1.165, 1.54) is 11.3 Å². The number of hydrogen-bond donors (Lipinski definition) is 4. The van der Waals surface area contributed by atoms with Gasteiger partial charge < -0.3 is 35.7 Å². The van der Waals surface area contributed by atoms with Crippen LogP contribution < -0.4 is 26.4 Å². The number of amides is 3. The summed E-state index contributed by atoms with van der Waals surface area (Å²) in [5.41, 5.74) is 10.7. The van der Waals surface area contributed by atoms with Crippen molar-refractivity contribution >= 4 is 61.5 Å². The summed E-state index contributed by atoms with van der Waals surface area (Å²) in [6, 6.07) is 15.0. The van der Waals surface area contributed by atoms with E-state index in [1.54, 1.807) is 13.3 Å². The van der Waals surface area contributed by atoms with Crippen molar-refractivity contribution < 1.29 is 19.1 Å². The zero-order chi connectivity index (χ0) is 29.9. The summed E-state index contributed by atoms with van der Waals surface area (Å²) in [6.07, 6.45) is 1.58. The van der Waals surface area contributed by atoms with Crippen LogP contribution in [0.15, 0.2) is 60.1 Å². The summed E-state index contributed by atoms with van der Waals surface area (Å²) >= 11 is 1.47. The quantitative estimate of drug-likeness (QED) is 0.202. The van der Waals surface area contributed by atoms with Crippen LogP contribution in [0.2, 0.25) is 0 Å². The summed E-state index contributed by atoms with van der Waals surface area (Å²) in [7, 11) is 3.43. The fraction of sp³-hybridized carbons (Fsp3) is 0.258. The van der Waals surface area contributed by atoms with E-state index in [1.807, 2.05) is 65.5 Å². The number of thiophene rings is 1. The fourth-order valence-electron chi connectivity index (χ4n) is 5.34. The molecule has 1 saturated heterocycles. The van der Waals surface area contributed by atoms with Crippen molar-refractivity contribution in [2.24, 2.45) is 7.05 Å². The minimum Gasteiger partial charge on any atom is -0.495 e. The number of nitrogens with one attached hydrogen (secondary N) is 3. The second-order valence-electron chi connectivity index (χ2n) is 10.3. The van der Waals surface area contributed by atoms with Gasteiger partial charge in [0.1, 0.15) is 17.3 Å². The molecule has 1 aliphatic heterocycles. The molecule has 2 aromatic carbocycles. The molecule has 0 radical (unpaired) electrons. The Morgan fingerprint density at radius 3 is 2.70 bits per heavy atom. The number of pyridine rings is 1. The van der Waals surface area contributed by atoms with Crippen LogP contribution >= 0.6 is 11.3 Å². The van der Waals surface area contributed by atoms with E-state index in [-0.39, 0.29) is 11.9 Å². The van der Waals surface area contributed by atoms with Crippen molar-refractivity contribution in [2.75, 3.05) is 62.9 Å². The Labute approximate surface area is 252 Å². The summed E-state index contributed by atoms with van der Waals surface area (Å²) in [5, 5.41) is 12.5. The van der Waals surface area contributed by atoms with Gasteiger partial charge in [-0.1, -0.05) is 24.3 Å². The first-order chi connectivity index (χ1) is 20.9. The third-order valence-corrected chi connectivity index (χ3v) is 8.65. The van der Waals surface area contributed by atoms with E-state index in [2.05, 4.69) is 25.8 Å². The Kier molecular flexibility index (Phi) is 8.14. The average Bonchev–Trinajstić information content (AvgIpc) is 3.62. The van der Waals surface area contributed by atoms with Crippen molar-refractivity contribution in [3.63, 3.8) is 0 Å². The van der Waals surface area contributed by atoms with Crippen LogP contribution in [0.3, 0.4) is 0 Å². The molecule has 5 N–H and O–H groups in total. The number of para-hydroxylation sites is 1. The molecule has 12 heteroatoms. The number of carbonyl (C=O) groups excluding carboxylic acids is 2. The van der Waals surface area contributed by atoms with Crippen LogP contribution in [0.5, 0.6) is 5.75 Å². The Hall–Kier alpha value is -4.65. The maximum absolute atomic E-state index is 13.2. The van der Waals surface area contributed by atoms with E-state index in [0.717, 1.165) is 65.0 Å². The summed E-state index contributed by atoms with van der Waals surface area (Å²) in [6.45, 7) is 4.46. The second kappa shape index (κ2) is 12.3. The van der Waals surface area contributed by atoms with Gasteiger partial charge in [0.25, 0.3) is 5.91 Å². The minimum atomic E-state index is -0.302. The molecule has 1 aliphatic rings. The molecule has 1 fully saturated rings. The zero-order valence-corrected chi connectivity index (χ0v) is 24.8. The predicted molar refractivity (Wildman–Crippen MR) is 171 cm³/mol. The molecule has 6 rings (SSSR count). The highest BCUT2D eigenvalue weighted by Crippen LogP contribution is 2.42. The number of ether oxygens (including phenoxy) is 2. The largest absolute Gasteiger partial charge is 0.495 e. The van der Waals surface area contributed by atoms with E-state index in [9.17, 15) is 9.59 Å². The number of hydrogen-bond acceptors (Lipinski definition) is 8. The molecule has 0 aliphatic carbocycles. The first-order valence-corrected chi connectivity index (χ1v) is 14.9. The number of morpholine rings is 1. The maximum atomic E-state index is 13.2. The highest BCUT2D eigenvalue weighted by molar-refractivity contribution is 7.18. The third kappa shape index (κ3) is 5.85. The SMILES string of the molecule is COc1cc(-c2csc3c(NC(=O)NCCN4CCOCC4)cnc(N)c23)ccc1NC(=O)c1cc2ccccc2n1C. The molecular weight excluding hydrogens is 566 g/mol. The lowest BCUT2D eigenvalue weighted by Crippen LogP contribution is -2.42. The lowest BCUT2D eigenvalue weighted by atomic mass is 10.0. The standard InChI is InChI=1S/C31H33N7O4S/c1-37-24-6-4-3-5-20(24)15-25(37)30(39)35-22-8-7-19(16-26(22)41-2)21-18-43-28-23(17-34-29(32)27(21)28)36-31(40)33-9-10-38-11-13-42-14-12-38/h3-8,15-18H,9-14H2,1-2H3,(H2,32,34)(H,35,39)(H2,33,36,40). The molecule has 5 aromatic rings. The maximum Gasteiger partial charge on any atom is 0.319 e. The number of anilines is 3. The highest BCUT2D eigenvalue weighted by atomic mass is 32.1. The Morgan fingerprint density at radius 2 is 1.91 bits per heavy atom. The van der Waals surface area contributed by atoms with Crippen LogP contribution in [0.4, 0.5) is 22.0 Å². The minimum absolute atomic E-state index is 0.238. The monoisotopic (exact) mass is 599 g/mol. The van der Waals surface area contributed by atoms with Gasteiger partial charge in [-0.05, 0) is 29.8 Å². The van der Waals surface area contributed by atoms with Crippen molar-refractivity contribution in [1.82, 2.24) is 19.8 Å². The molecule has 0 unspecified atom stereocenters. The molecule has 4 heterocycles. The van der Waals surface area contributed by atoms with Crippen LogP contribution in [-0.2, 0) is 11.8 Å². The molecule has 0 bridgehead atoms. The van der Waals surface area contributed by atoms with Crippen LogP contribution in [0, 0.1) is 0 Å². The van der Waals surface area contributed by atoms with Crippen LogP contribution in [-0.4, -0.2) is 72.9 Å². The van der Waals surface area contributed by atoms with Crippen LogP contribution in [0.25, 0.3) is 32.1 Å². The summed E-state index contributed by atoms with van der Waals surface area (Å²) in [4.78, 5) is 32.5. The van der Waals surface area contributed by atoms with Gasteiger partial charge in [0, 0.05) is 60.5 Å². The number of aryl methyl sites for hydroxylation is 1. The number of aromatic nitrogens is 2. The molecule has 43 heavy (non-hydrogen) atoms. The molecule has 3 aromatic heterocycles. The summed E-state index contributed by atoms with van der Waals surface area (Å²) < 4.78 is 13.7. The van der Waals surface area contributed by atoms with Gasteiger partial charge >= 0.3 is 6.03 Å². The van der Waals surface area contributed by atoms with Crippen molar-refractivity contribution in [2.45, 2.75) is 0 Å². The molecule has 0 spiro atoms. The smallest absolute Gasteiger partial charge is 0.319 e. The van der Waals surface area contributed by atoms with E-state index in [0.29, 0.717) is 35.2 Å². The number of nitrogens with zero attached hydrogens (tertiary/aromatic N) is 3. The number of carbonyl (C=O) groups is 2. The Balaban J connectivity index is 1.20. The van der Waals surface area contributed by atoms with Gasteiger partial charge in [-0.25, -0.2) is 9.78 Å². The number of nitrogens with two attached hydrogens (primary N) is 1. The number of urea groups is 1. The highest BCUT2D eigenvalue weighted by Gasteiger charge is 2.19. The number of rotatable bonds is 8. The van der Waals surface area contributed by atoms with Crippen LogP contribution in [0.1, 0.15) is 10.5 Å². The van der Waals surface area contributed by atoms with Gasteiger partial charge in [0.15, 0.2) is 0 Å². The average molecular weight is 600 g/mol. The van der Waals surface area contributed by atoms with Gasteiger partial charge in [0.2, 0.25) is 0 Å². The van der Waals surface area contributed by atoms with Gasteiger partial charge in [-0.15, -0.1) is 11.3 Å². The number of nitrogen functional groups attached to an aromatic ring is 1. The molecule has 11 nitrogen and oxygen atoms in total. The zero-order valence-electron chi connectivity index (χ0n) is 24.0. The Bertz CT molecular complexity index is 1810. The molecule has 222 valence electrons. The lowest BCUT2D eigenvalue weighted by Gasteiger charge is -2.26. The van der Waals surface area contributed by atoms with E-state index >= 15 is 0 Å². The molecule has 0 atom stereocenters. The second-order valence-corrected chi connectivity index (χ2v) is 11.1. The molecular formula is C31H33N7O4S. The normalized spacial score (nSPS) is 13.7. The van der Waals surface area contributed by atoms with Gasteiger partial charge in [-0.2, -0.15) is 0 Å².